The fourth-order valence-electron chi connectivity index (χ4n) is 3.61. The Balaban J connectivity index is 1.31. The first-order valence-electron chi connectivity index (χ1n) is 11.9. The van der Waals surface area contributed by atoms with Gasteiger partial charge in [-0.15, -0.1) is 11.3 Å². The van der Waals surface area contributed by atoms with Gasteiger partial charge in [-0.3, -0.25) is 10.4 Å². The molecule has 3 rings (SSSR count). The van der Waals surface area contributed by atoms with Crippen LogP contribution in [0.15, 0.2) is 54.0 Å². The lowest BCUT2D eigenvalue weighted by molar-refractivity contribution is 0.238. The van der Waals surface area contributed by atoms with E-state index in [0.29, 0.717) is 18.2 Å². The molecule has 0 saturated heterocycles. The van der Waals surface area contributed by atoms with Gasteiger partial charge in [0.2, 0.25) is 0 Å². The molecular formula is C25H33ClN8OS2. The molecule has 1 unspecified atom stereocenters. The number of thiazole rings is 1. The molecule has 12 heteroatoms. The van der Waals surface area contributed by atoms with Crippen LogP contribution < -0.4 is 21.7 Å². The maximum Gasteiger partial charge on any atom is 0.314 e. The summed E-state index contributed by atoms with van der Waals surface area (Å²) in [6.07, 6.45) is 2.73. The Bertz CT molecular complexity index is 1110. The lowest BCUT2D eigenvalue weighted by Gasteiger charge is -2.22. The number of aromatic nitrogens is 2. The summed E-state index contributed by atoms with van der Waals surface area (Å²) < 4.78 is 0. The number of halogens is 1. The maximum atomic E-state index is 12.1. The molecule has 3 aromatic rings. The first kappa shape index (κ1) is 28.7. The number of nitrogens with one attached hydrogen (secondary N) is 4. The van der Waals surface area contributed by atoms with E-state index in [0.717, 1.165) is 47.4 Å². The molecule has 0 radical (unpaired) electrons. The molecule has 9 nitrogen and oxygen atoms in total. The SMILES string of the molecule is CN(CCNC(=O)NCCSCc1csc(NC(=N)N)n1)CCC(c1ccc(Cl)cc1)c1ccccn1. The third kappa shape index (κ3) is 10.6. The highest BCUT2D eigenvalue weighted by molar-refractivity contribution is 7.98. The van der Waals surface area contributed by atoms with E-state index in [2.05, 4.69) is 56.1 Å². The summed E-state index contributed by atoms with van der Waals surface area (Å²) in [4.78, 5) is 23.3. The van der Waals surface area contributed by atoms with Crippen molar-refractivity contribution in [2.45, 2.75) is 18.1 Å². The molecule has 1 aromatic carbocycles. The second kappa shape index (κ2) is 15.4. The van der Waals surface area contributed by atoms with Crippen molar-refractivity contribution in [2.75, 3.05) is 44.3 Å². The molecule has 198 valence electrons. The number of thioether (sulfide) groups is 1. The summed E-state index contributed by atoms with van der Waals surface area (Å²) in [5, 5.41) is 19.0. The van der Waals surface area contributed by atoms with Gasteiger partial charge in [0.25, 0.3) is 0 Å². The van der Waals surface area contributed by atoms with Crippen LogP contribution in [0.5, 0.6) is 0 Å². The molecule has 0 saturated carbocycles. The van der Waals surface area contributed by atoms with Gasteiger partial charge in [-0.2, -0.15) is 11.8 Å². The predicted molar refractivity (Wildman–Crippen MR) is 155 cm³/mol. The average molecular weight is 561 g/mol. The average Bonchev–Trinajstić information content (AvgIpc) is 3.32. The monoisotopic (exact) mass is 560 g/mol. The third-order valence-corrected chi connectivity index (χ3v) is 7.52. The molecule has 0 bridgehead atoms. The molecule has 1 atom stereocenters. The molecule has 37 heavy (non-hydrogen) atoms. The van der Waals surface area contributed by atoms with E-state index in [-0.39, 0.29) is 17.9 Å². The number of guanidine groups is 1. The van der Waals surface area contributed by atoms with E-state index in [1.165, 1.54) is 16.9 Å². The lowest BCUT2D eigenvalue weighted by atomic mass is 9.92. The number of likely N-dealkylation sites (N-methyl/N-ethyl adjacent to an activating group) is 1. The van der Waals surface area contributed by atoms with Crippen molar-refractivity contribution in [2.24, 2.45) is 5.73 Å². The summed E-state index contributed by atoms with van der Waals surface area (Å²) in [6, 6.07) is 13.8. The minimum Gasteiger partial charge on any atom is -0.370 e. The van der Waals surface area contributed by atoms with Gasteiger partial charge in [0.05, 0.1) is 5.69 Å². The van der Waals surface area contributed by atoms with Crippen molar-refractivity contribution < 1.29 is 4.79 Å². The van der Waals surface area contributed by atoms with Gasteiger partial charge in [0, 0.05) is 59.4 Å². The van der Waals surface area contributed by atoms with Gasteiger partial charge >= 0.3 is 6.03 Å². The number of nitrogens with zero attached hydrogens (tertiary/aromatic N) is 3. The lowest BCUT2D eigenvalue weighted by Crippen LogP contribution is -2.40. The number of urea groups is 1. The molecule has 0 fully saturated rings. The van der Waals surface area contributed by atoms with Crippen LogP contribution in [-0.2, 0) is 5.75 Å². The second-order valence-electron chi connectivity index (χ2n) is 8.37. The minimum atomic E-state index is -0.164. The molecule has 0 spiro atoms. The fraction of sp³-hybridized carbons (Fsp3) is 0.360. The molecule has 0 aliphatic rings. The molecule has 2 amide bonds. The van der Waals surface area contributed by atoms with Gasteiger partial charge in [0.1, 0.15) is 0 Å². The second-order valence-corrected chi connectivity index (χ2v) is 10.8. The quantitative estimate of drug-likeness (QED) is 0.113. The molecule has 0 aliphatic heterocycles. The van der Waals surface area contributed by atoms with Crippen molar-refractivity contribution in [3.63, 3.8) is 0 Å². The first-order chi connectivity index (χ1) is 17.9. The maximum absolute atomic E-state index is 12.1. The Morgan fingerprint density at radius 2 is 1.97 bits per heavy atom. The largest absolute Gasteiger partial charge is 0.370 e. The van der Waals surface area contributed by atoms with Gasteiger partial charge in [-0.1, -0.05) is 29.8 Å². The van der Waals surface area contributed by atoms with E-state index in [1.54, 1.807) is 11.8 Å². The van der Waals surface area contributed by atoms with Crippen molar-refractivity contribution in [3.05, 3.63) is 76.0 Å². The van der Waals surface area contributed by atoms with Crippen molar-refractivity contribution in [1.29, 1.82) is 5.41 Å². The van der Waals surface area contributed by atoms with Crippen LogP contribution in [0.4, 0.5) is 9.93 Å². The van der Waals surface area contributed by atoms with Crippen LogP contribution in [0.1, 0.15) is 29.3 Å². The summed E-state index contributed by atoms with van der Waals surface area (Å²) in [5.74, 6) is 1.57. The highest BCUT2D eigenvalue weighted by Gasteiger charge is 2.16. The number of carbonyl (C=O) groups excluding carboxylic acids is 1. The fourth-order valence-corrected chi connectivity index (χ4v) is 5.31. The Morgan fingerprint density at radius 3 is 2.70 bits per heavy atom. The standard InChI is InChI=1S/C25H33ClN8OS2/c1-34(13-9-21(22-4-2-3-10-29-22)18-5-7-19(26)8-6-18)14-11-30-24(35)31-12-15-36-16-20-17-37-25(32-20)33-23(27)28/h2-8,10,17,21H,9,11-16H2,1H3,(H2,30,31,35)(H4,27,28,32,33). The molecule has 2 aromatic heterocycles. The number of benzene rings is 1. The zero-order chi connectivity index (χ0) is 26.5. The van der Waals surface area contributed by atoms with Gasteiger partial charge in [-0.25, -0.2) is 9.78 Å². The number of amides is 2. The summed E-state index contributed by atoms with van der Waals surface area (Å²) in [5.41, 5.74) is 8.46. The molecular weight excluding hydrogens is 528 g/mol. The number of rotatable bonds is 14. The Hall–Kier alpha value is -2.86. The van der Waals surface area contributed by atoms with E-state index in [1.807, 2.05) is 35.8 Å². The number of nitrogens with two attached hydrogens (primary N) is 1. The highest BCUT2D eigenvalue weighted by atomic mass is 35.5. The van der Waals surface area contributed by atoms with E-state index < -0.39 is 0 Å². The Kier molecular flexibility index (Phi) is 12.0. The van der Waals surface area contributed by atoms with Gasteiger partial charge in [0.15, 0.2) is 11.1 Å². The smallest absolute Gasteiger partial charge is 0.314 e. The number of carbonyl (C=O) groups is 1. The van der Waals surface area contributed by atoms with Crippen molar-refractivity contribution in [1.82, 2.24) is 25.5 Å². The van der Waals surface area contributed by atoms with Crippen LogP contribution in [0, 0.1) is 5.41 Å². The number of hydrogen-bond donors (Lipinski definition) is 5. The Labute approximate surface area is 231 Å². The first-order valence-corrected chi connectivity index (χ1v) is 14.3. The van der Waals surface area contributed by atoms with Gasteiger partial charge in [-0.05, 0) is 49.8 Å². The normalized spacial score (nSPS) is 11.8. The van der Waals surface area contributed by atoms with Crippen LogP contribution in [0.25, 0.3) is 0 Å². The summed E-state index contributed by atoms with van der Waals surface area (Å²) >= 11 is 9.18. The van der Waals surface area contributed by atoms with E-state index >= 15 is 0 Å². The Morgan fingerprint density at radius 1 is 1.19 bits per heavy atom. The third-order valence-electron chi connectivity index (χ3n) is 5.47. The number of hydrogen-bond acceptors (Lipinski definition) is 7. The van der Waals surface area contributed by atoms with Crippen molar-refractivity contribution in [3.8, 4) is 0 Å². The molecule has 6 N–H and O–H groups in total. The zero-order valence-corrected chi connectivity index (χ0v) is 23.1. The molecule has 0 aliphatic carbocycles. The molecule has 2 heterocycles. The van der Waals surface area contributed by atoms with Crippen LogP contribution in [0.3, 0.4) is 0 Å². The summed E-state index contributed by atoms with van der Waals surface area (Å²) in [6.45, 7) is 2.75. The van der Waals surface area contributed by atoms with Gasteiger partial charge < -0.3 is 26.6 Å². The number of anilines is 1. The summed E-state index contributed by atoms with van der Waals surface area (Å²) in [7, 11) is 2.06. The zero-order valence-electron chi connectivity index (χ0n) is 20.7. The highest BCUT2D eigenvalue weighted by Crippen LogP contribution is 2.27. The van der Waals surface area contributed by atoms with E-state index in [9.17, 15) is 4.79 Å². The van der Waals surface area contributed by atoms with Crippen LogP contribution in [-0.4, -0.2) is 65.8 Å². The number of pyridine rings is 1. The predicted octanol–water partition coefficient (Wildman–Crippen LogP) is 4.18. The minimum absolute atomic E-state index is 0.124. The van der Waals surface area contributed by atoms with E-state index in [4.69, 9.17) is 22.7 Å². The van der Waals surface area contributed by atoms with Crippen molar-refractivity contribution >= 4 is 51.8 Å². The topological polar surface area (TPSA) is 132 Å². The van der Waals surface area contributed by atoms with Crippen LogP contribution in [0.2, 0.25) is 5.02 Å². The van der Waals surface area contributed by atoms with Crippen LogP contribution >= 0.6 is 34.7 Å².